The highest BCUT2D eigenvalue weighted by Crippen LogP contribution is 2.27. The van der Waals surface area contributed by atoms with Crippen LogP contribution in [0.2, 0.25) is 0 Å². The van der Waals surface area contributed by atoms with Gasteiger partial charge in [-0.05, 0) is 48.3 Å². The van der Waals surface area contributed by atoms with Gasteiger partial charge in [0, 0.05) is 24.2 Å². The minimum absolute atomic E-state index is 0.0525. The Bertz CT molecular complexity index is 1460. The molecule has 8 nitrogen and oxygen atoms in total. The first-order valence-corrected chi connectivity index (χ1v) is 12.2. The summed E-state index contributed by atoms with van der Waals surface area (Å²) in [5.41, 5.74) is 1.34. The van der Waals surface area contributed by atoms with E-state index in [0.29, 0.717) is 12.2 Å². The van der Waals surface area contributed by atoms with Crippen LogP contribution in [0.4, 0.5) is 4.39 Å². The molecule has 190 valence electrons. The third-order valence-electron chi connectivity index (χ3n) is 6.25. The number of allylic oxidation sites excluding steroid dienone is 1. The Balaban J connectivity index is 1.63. The second-order valence-corrected chi connectivity index (χ2v) is 9.19. The molecule has 0 amide bonds. The molecule has 3 heterocycles. The number of nitrogens with zero attached hydrogens (tertiary/aromatic N) is 1. The number of nitrogens with one attached hydrogen (secondary N) is 4. The van der Waals surface area contributed by atoms with Crippen LogP contribution in [0.25, 0.3) is 18.2 Å². The number of halogens is 1. The number of imidazole rings is 1. The Labute approximate surface area is 208 Å². The predicted molar refractivity (Wildman–Crippen MR) is 139 cm³/mol. The van der Waals surface area contributed by atoms with Crippen LogP contribution in [0.3, 0.4) is 0 Å². The maximum atomic E-state index is 13.4. The molecule has 9 heteroatoms. The van der Waals surface area contributed by atoms with Crippen molar-refractivity contribution in [3.63, 3.8) is 0 Å². The lowest BCUT2D eigenvalue weighted by atomic mass is 9.96. The van der Waals surface area contributed by atoms with Crippen molar-refractivity contribution in [3.05, 3.63) is 90.3 Å². The first-order chi connectivity index (χ1) is 17.4. The molecule has 3 aromatic rings. The van der Waals surface area contributed by atoms with E-state index in [2.05, 4.69) is 41.0 Å². The predicted octanol–water partition coefficient (Wildman–Crippen LogP) is 1.85. The van der Waals surface area contributed by atoms with Crippen LogP contribution in [-0.4, -0.2) is 45.7 Å². The van der Waals surface area contributed by atoms with Gasteiger partial charge in [0.1, 0.15) is 22.3 Å². The molecule has 1 aliphatic heterocycles. The first-order valence-electron chi connectivity index (χ1n) is 12.2. The lowest BCUT2D eigenvalue weighted by Crippen LogP contribution is -2.46. The summed E-state index contributed by atoms with van der Waals surface area (Å²) in [7, 11) is 0. The minimum Gasteiger partial charge on any atom is -0.378 e. The molecule has 1 fully saturated rings. The molecule has 0 bridgehead atoms. The Morgan fingerprint density at radius 3 is 2.64 bits per heavy atom. The van der Waals surface area contributed by atoms with E-state index in [1.165, 1.54) is 24.3 Å². The average molecular weight is 494 g/mol. The van der Waals surface area contributed by atoms with E-state index in [1.54, 1.807) is 18.2 Å². The Morgan fingerprint density at radius 2 is 1.94 bits per heavy atom. The zero-order valence-corrected chi connectivity index (χ0v) is 20.7. The molecule has 2 atom stereocenters. The van der Waals surface area contributed by atoms with Crippen LogP contribution >= 0.6 is 0 Å². The molecule has 1 aromatic carbocycles. The monoisotopic (exact) mass is 493 g/mol. The smallest absolute Gasteiger partial charge is 0.272 e. The van der Waals surface area contributed by atoms with E-state index < -0.39 is 16.9 Å². The van der Waals surface area contributed by atoms with Crippen LogP contribution in [0.15, 0.2) is 39.9 Å². The average Bonchev–Trinajstić information content (AvgIpc) is 3.27. The van der Waals surface area contributed by atoms with Crippen molar-refractivity contribution in [3.8, 4) is 0 Å². The van der Waals surface area contributed by atoms with Crippen molar-refractivity contribution in [2.24, 2.45) is 0 Å². The maximum Gasteiger partial charge on any atom is 0.272 e. The van der Waals surface area contributed by atoms with Gasteiger partial charge in [-0.2, -0.15) is 0 Å². The Morgan fingerprint density at radius 1 is 1.17 bits per heavy atom. The molecule has 0 spiro atoms. The Hall–Kier alpha value is -3.56. The fourth-order valence-electron chi connectivity index (χ4n) is 4.39. The number of morpholine rings is 1. The van der Waals surface area contributed by atoms with Crippen LogP contribution in [0.1, 0.15) is 61.8 Å². The van der Waals surface area contributed by atoms with Gasteiger partial charge in [0.15, 0.2) is 0 Å². The highest BCUT2D eigenvalue weighted by atomic mass is 19.1. The van der Waals surface area contributed by atoms with Crippen LogP contribution in [-0.2, 0) is 4.74 Å². The molecular formula is C27H32FN5O3. The van der Waals surface area contributed by atoms with Crippen molar-refractivity contribution in [2.75, 3.05) is 19.8 Å². The molecular weight excluding hydrogens is 461 g/mol. The summed E-state index contributed by atoms with van der Waals surface area (Å²) < 4.78 is 19.1. The van der Waals surface area contributed by atoms with E-state index in [4.69, 9.17) is 9.72 Å². The van der Waals surface area contributed by atoms with Crippen LogP contribution in [0, 0.1) is 5.82 Å². The molecule has 4 rings (SSSR count). The lowest BCUT2D eigenvalue weighted by Gasteiger charge is -2.29. The van der Waals surface area contributed by atoms with Gasteiger partial charge in [0.05, 0.1) is 18.9 Å². The Kier molecular flexibility index (Phi) is 8.12. The van der Waals surface area contributed by atoms with Crippen molar-refractivity contribution in [2.45, 2.75) is 45.1 Å². The molecule has 0 saturated carbocycles. The third-order valence-corrected chi connectivity index (χ3v) is 6.25. The quantitative estimate of drug-likeness (QED) is 0.401. The summed E-state index contributed by atoms with van der Waals surface area (Å²) in [6.45, 7) is 8.52. The van der Waals surface area contributed by atoms with Crippen molar-refractivity contribution >= 4 is 18.2 Å². The maximum absolute atomic E-state index is 13.4. The number of ether oxygens (including phenoxy) is 1. The minimum atomic E-state index is -0.476. The zero-order valence-electron chi connectivity index (χ0n) is 20.7. The fraction of sp³-hybridized carbons (Fsp3) is 0.370. The standard InChI is InChI=1S/C27H32FN5O3/c1-4-19(23-15-36-12-11-29-23)25-30-20(24(33-25)16(2)3)9-6-10-21-26(34)32-22(27(35)31-21)14-17-7-5-8-18(28)13-17/h5-10,13-14,16,19,23,29H,4,11-12,15H2,1-3H3,(H,30,33)(H,31,35)(H,32,34). The summed E-state index contributed by atoms with van der Waals surface area (Å²) in [6.07, 6.45) is 7.41. The van der Waals surface area contributed by atoms with Crippen molar-refractivity contribution in [1.82, 2.24) is 25.3 Å². The van der Waals surface area contributed by atoms with Gasteiger partial charge in [0.2, 0.25) is 0 Å². The van der Waals surface area contributed by atoms with E-state index in [1.807, 2.05) is 6.08 Å². The third kappa shape index (κ3) is 5.98. The number of hydrogen-bond acceptors (Lipinski definition) is 5. The number of aromatic amines is 3. The normalized spacial score (nSPS) is 18.4. The largest absolute Gasteiger partial charge is 0.378 e. The van der Waals surface area contributed by atoms with Gasteiger partial charge in [-0.3, -0.25) is 9.59 Å². The molecule has 1 aliphatic rings. The highest BCUT2D eigenvalue weighted by Gasteiger charge is 2.27. The van der Waals surface area contributed by atoms with Gasteiger partial charge in [-0.25, -0.2) is 9.37 Å². The summed E-state index contributed by atoms with van der Waals surface area (Å²) in [5, 5.41) is 3.69. The fourth-order valence-corrected chi connectivity index (χ4v) is 4.39. The molecule has 36 heavy (non-hydrogen) atoms. The van der Waals surface area contributed by atoms with Gasteiger partial charge < -0.3 is 25.0 Å². The van der Waals surface area contributed by atoms with Gasteiger partial charge in [-0.1, -0.05) is 39.0 Å². The van der Waals surface area contributed by atoms with Crippen LogP contribution in [0.5, 0.6) is 0 Å². The van der Waals surface area contributed by atoms with E-state index >= 15 is 0 Å². The van der Waals surface area contributed by atoms with Gasteiger partial charge >= 0.3 is 0 Å². The SMILES string of the molecule is CCC(c1nc(C=CC=c2[nH]c(=O)c(=Cc3cccc(F)c3)[nH]c2=O)c(C(C)C)[nH]1)C1COCCN1. The van der Waals surface area contributed by atoms with Crippen molar-refractivity contribution < 1.29 is 9.13 Å². The number of H-pyrrole nitrogens is 3. The number of rotatable bonds is 7. The first kappa shape index (κ1) is 25.5. The molecule has 0 aliphatic carbocycles. The number of benzene rings is 1. The van der Waals surface area contributed by atoms with E-state index in [-0.39, 0.29) is 28.6 Å². The number of aromatic nitrogens is 4. The number of hydrogen-bond donors (Lipinski definition) is 4. The molecule has 2 unspecified atom stereocenters. The van der Waals surface area contributed by atoms with E-state index in [0.717, 1.165) is 36.8 Å². The second kappa shape index (κ2) is 11.5. The summed E-state index contributed by atoms with van der Waals surface area (Å²) in [6, 6.07) is 5.98. The van der Waals surface area contributed by atoms with Gasteiger partial charge in [0.25, 0.3) is 11.1 Å². The van der Waals surface area contributed by atoms with Crippen LogP contribution < -0.4 is 27.1 Å². The van der Waals surface area contributed by atoms with E-state index in [9.17, 15) is 14.0 Å². The molecule has 0 radical (unpaired) electrons. The molecule has 4 N–H and O–H groups in total. The lowest BCUT2D eigenvalue weighted by molar-refractivity contribution is 0.0664. The second-order valence-electron chi connectivity index (χ2n) is 9.19. The summed E-state index contributed by atoms with van der Waals surface area (Å²) in [5.74, 6) is 0.899. The molecule has 2 aromatic heterocycles. The summed E-state index contributed by atoms with van der Waals surface area (Å²) in [4.78, 5) is 38.6. The zero-order chi connectivity index (χ0) is 25.7. The highest BCUT2D eigenvalue weighted by molar-refractivity contribution is 5.57. The van der Waals surface area contributed by atoms with Gasteiger partial charge in [-0.15, -0.1) is 0 Å². The topological polar surface area (TPSA) is 116 Å². The molecule has 1 saturated heterocycles. The van der Waals surface area contributed by atoms with Crippen molar-refractivity contribution in [1.29, 1.82) is 0 Å². The summed E-state index contributed by atoms with van der Waals surface area (Å²) >= 11 is 0.